The Kier molecular flexibility index (Phi) is 7.31. The summed E-state index contributed by atoms with van der Waals surface area (Å²) >= 11 is 0. The van der Waals surface area contributed by atoms with Gasteiger partial charge in [0.25, 0.3) is 5.91 Å². The number of benzene rings is 2. The van der Waals surface area contributed by atoms with Gasteiger partial charge in [-0.15, -0.1) is 0 Å². The van der Waals surface area contributed by atoms with Crippen LogP contribution in [0.1, 0.15) is 39.2 Å². The maximum Gasteiger partial charge on any atom is 0.260 e. The number of sulfonamides is 1. The number of rotatable bonds is 7. The minimum atomic E-state index is -3.67. The number of hydrogen-bond donors (Lipinski definition) is 1. The van der Waals surface area contributed by atoms with Crippen molar-refractivity contribution in [3.63, 3.8) is 0 Å². The van der Waals surface area contributed by atoms with Gasteiger partial charge in [0.2, 0.25) is 10.0 Å². The van der Waals surface area contributed by atoms with Gasteiger partial charge in [0.05, 0.1) is 23.8 Å². The normalized spacial score (nSPS) is 11.7. The lowest BCUT2D eigenvalue weighted by molar-refractivity contribution is -0.119. The lowest BCUT2D eigenvalue weighted by Crippen LogP contribution is -2.39. The van der Waals surface area contributed by atoms with E-state index in [0.29, 0.717) is 5.69 Å². The maximum absolute atomic E-state index is 12.6. The van der Waals surface area contributed by atoms with Crippen molar-refractivity contribution in [3.05, 3.63) is 81.7 Å². The molecule has 1 heterocycles. The van der Waals surface area contributed by atoms with Crippen LogP contribution in [0.5, 0.6) is 0 Å². The number of nitrogens with one attached hydrogen (secondary N) is 1. The predicted molar refractivity (Wildman–Crippen MR) is 139 cm³/mol. The molecular formula is C26H32N4O3S. The first-order valence-corrected chi connectivity index (χ1v) is 12.9. The summed E-state index contributed by atoms with van der Waals surface area (Å²) in [6, 6.07) is 13.7. The van der Waals surface area contributed by atoms with Crippen molar-refractivity contribution < 1.29 is 13.2 Å². The first kappa shape index (κ1) is 25.2. The molecule has 180 valence electrons. The molecule has 0 spiro atoms. The van der Waals surface area contributed by atoms with E-state index in [2.05, 4.69) is 41.1 Å². The van der Waals surface area contributed by atoms with E-state index in [-0.39, 0.29) is 6.54 Å². The lowest BCUT2D eigenvalue weighted by atomic mass is 10.1. The van der Waals surface area contributed by atoms with Gasteiger partial charge in [-0.2, -0.15) is 5.10 Å². The molecule has 0 saturated heterocycles. The van der Waals surface area contributed by atoms with Gasteiger partial charge in [-0.1, -0.05) is 36.4 Å². The average Bonchev–Trinajstić information content (AvgIpc) is 3.00. The summed E-state index contributed by atoms with van der Waals surface area (Å²) in [4.78, 5) is 12.6. The van der Waals surface area contributed by atoms with Crippen LogP contribution in [0.4, 0.5) is 5.69 Å². The Morgan fingerprint density at radius 2 is 1.50 bits per heavy atom. The van der Waals surface area contributed by atoms with E-state index < -0.39 is 15.9 Å². The molecule has 0 atom stereocenters. The van der Waals surface area contributed by atoms with Crippen LogP contribution >= 0.6 is 0 Å². The Morgan fingerprint density at radius 3 is 2.03 bits per heavy atom. The molecule has 0 fully saturated rings. The second kappa shape index (κ2) is 9.85. The number of amides is 1. The fourth-order valence-corrected chi connectivity index (χ4v) is 5.29. The van der Waals surface area contributed by atoms with Crippen molar-refractivity contribution >= 4 is 27.8 Å². The zero-order valence-electron chi connectivity index (χ0n) is 20.8. The number of hydrazone groups is 1. The second-order valence-corrected chi connectivity index (χ2v) is 10.6. The number of anilines is 1. The predicted octanol–water partition coefficient (Wildman–Crippen LogP) is 4.24. The number of carbonyl (C=O) groups is 1. The minimum absolute atomic E-state index is 0.358. The Morgan fingerprint density at radius 1 is 0.971 bits per heavy atom. The lowest BCUT2D eigenvalue weighted by Gasteiger charge is -2.25. The highest BCUT2D eigenvalue weighted by atomic mass is 32.2. The van der Waals surface area contributed by atoms with Gasteiger partial charge in [0, 0.05) is 17.0 Å². The SMILES string of the molecule is Cc1cccc(C)c1N(CC(=O)N/N=C\c1cc(C)n(-c2c(C)cccc2C)c1C)S(C)(=O)=O. The highest BCUT2D eigenvalue weighted by molar-refractivity contribution is 7.92. The minimum Gasteiger partial charge on any atom is -0.317 e. The largest absolute Gasteiger partial charge is 0.317 e. The molecule has 0 saturated carbocycles. The van der Waals surface area contributed by atoms with Crippen molar-refractivity contribution in [2.45, 2.75) is 41.5 Å². The molecule has 0 aliphatic carbocycles. The number of aryl methyl sites for hydroxylation is 5. The summed E-state index contributed by atoms with van der Waals surface area (Å²) in [5.74, 6) is -0.520. The third kappa shape index (κ3) is 5.22. The molecule has 8 heteroatoms. The monoisotopic (exact) mass is 480 g/mol. The topological polar surface area (TPSA) is 83.8 Å². The number of carbonyl (C=O) groups excluding carboxylic acids is 1. The van der Waals surface area contributed by atoms with Gasteiger partial charge < -0.3 is 4.57 Å². The van der Waals surface area contributed by atoms with Crippen LogP contribution in [0.15, 0.2) is 47.6 Å². The van der Waals surface area contributed by atoms with Crippen molar-refractivity contribution in [2.24, 2.45) is 5.10 Å². The van der Waals surface area contributed by atoms with Crippen LogP contribution in [0, 0.1) is 41.5 Å². The first-order valence-electron chi connectivity index (χ1n) is 11.0. The Hall–Kier alpha value is -3.39. The molecule has 1 amide bonds. The van der Waals surface area contributed by atoms with Gasteiger partial charge in [0.15, 0.2) is 0 Å². The van der Waals surface area contributed by atoms with E-state index in [1.165, 1.54) is 11.1 Å². The summed E-state index contributed by atoms with van der Waals surface area (Å²) < 4.78 is 28.2. The van der Waals surface area contributed by atoms with Crippen LogP contribution in [0.3, 0.4) is 0 Å². The molecule has 0 bridgehead atoms. The summed E-state index contributed by atoms with van der Waals surface area (Å²) in [6.45, 7) is 11.5. The molecule has 0 aliphatic heterocycles. The summed E-state index contributed by atoms with van der Waals surface area (Å²) in [5, 5.41) is 4.11. The smallest absolute Gasteiger partial charge is 0.260 e. The molecule has 2 aromatic carbocycles. The van der Waals surface area contributed by atoms with Gasteiger partial charge in [-0.25, -0.2) is 13.8 Å². The van der Waals surface area contributed by atoms with Crippen LogP contribution in [0.25, 0.3) is 5.69 Å². The summed E-state index contributed by atoms with van der Waals surface area (Å²) in [5.41, 5.74) is 11.0. The molecular weight excluding hydrogens is 448 g/mol. The number of nitrogens with zero attached hydrogens (tertiary/aromatic N) is 3. The molecule has 0 radical (unpaired) electrons. The van der Waals surface area contributed by atoms with E-state index in [0.717, 1.165) is 44.3 Å². The fraction of sp³-hybridized carbons (Fsp3) is 0.308. The Balaban J connectivity index is 1.81. The molecule has 7 nitrogen and oxygen atoms in total. The number of hydrogen-bond acceptors (Lipinski definition) is 4. The van der Waals surface area contributed by atoms with E-state index >= 15 is 0 Å². The van der Waals surface area contributed by atoms with Crippen LogP contribution < -0.4 is 9.73 Å². The third-order valence-corrected chi connectivity index (χ3v) is 7.02. The van der Waals surface area contributed by atoms with Crippen molar-refractivity contribution in [3.8, 4) is 5.69 Å². The van der Waals surface area contributed by atoms with E-state index in [1.807, 2.05) is 58.0 Å². The molecule has 0 aliphatic rings. The quantitative estimate of drug-likeness (QED) is 0.405. The Bertz CT molecular complexity index is 1330. The molecule has 1 N–H and O–H groups in total. The zero-order valence-corrected chi connectivity index (χ0v) is 21.6. The van der Waals surface area contributed by atoms with E-state index in [9.17, 15) is 13.2 Å². The van der Waals surface area contributed by atoms with E-state index in [4.69, 9.17) is 0 Å². The second-order valence-electron chi connectivity index (χ2n) is 8.71. The summed E-state index contributed by atoms with van der Waals surface area (Å²) in [6.07, 6.45) is 2.69. The fourth-order valence-electron chi connectivity index (χ4n) is 4.32. The molecule has 3 aromatic rings. The molecule has 0 unspecified atom stereocenters. The van der Waals surface area contributed by atoms with Crippen molar-refractivity contribution in [1.82, 2.24) is 9.99 Å². The molecule has 3 rings (SSSR count). The third-order valence-electron chi connectivity index (χ3n) is 5.90. The van der Waals surface area contributed by atoms with Crippen LogP contribution in [-0.4, -0.2) is 37.9 Å². The van der Waals surface area contributed by atoms with Crippen molar-refractivity contribution in [2.75, 3.05) is 17.1 Å². The van der Waals surface area contributed by atoms with E-state index in [1.54, 1.807) is 6.21 Å². The highest BCUT2D eigenvalue weighted by Gasteiger charge is 2.23. The number of aromatic nitrogens is 1. The zero-order chi connectivity index (χ0) is 25.2. The van der Waals surface area contributed by atoms with Gasteiger partial charge >= 0.3 is 0 Å². The van der Waals surface area contributed by atoms with Gasteiger partial charge in [0.1, 0.15) is 6.54 Å². The Labute approximate surface area is 202 Å². The van der Waals surface area contributed by atoms with Gasteiger partial charge in [-0.05, 0) is 69.9 Å². The summed E-state index contributed by atoms with van der Waals surface area (Å²) in [7, 11) is -3.67. The average molecular weight is 481 g/mol. The van der Waals surface area contributed by atoms with Crippen molar-refractivity contribution in [1.29, 1.82) is 0 Å². The molecule has 34 heavy (non-hydrogen) atoms. The standard InChI is InChI=1S/C26H32N4O3S/c1-17-10-8-11-18(2)25(17)29(34(7,32)33)16-24(31)28-27-15-23-14-21(5)30(22(23)6)26-19(3)12-9-13-20(26)4/h8-15H,16H2,1-7H3,(H,28,31)/b27-15-. The number of para-hydroxylation sites is 2. The maximum atomic E-state index is 12.6. The highest BCUT2D eigenvalue weighted by Crippen LogP contribution is 2.27. The van der Waals surface area contributed by atoms with Gasteiger partial charge in [-0.3, -0.25) is 9.10 Å². The van der Waals surface area contributed by atoms with Crippen LogP contribution in [0.2, 0.25) is 0 Å². The van der Waals surface area contributed by atoms with Crippen LogP contribution in [-0.2, 0) is 14.8 Å². The first-order chi connectivity index (χ1) is 15.9. The molecule has 1 aromatic heterocycles.